The van der Waals surface area contributed by atoms with Crippen molar-refractivity contribution in [1.82, 2.24) is 9.62 Å². The molecule has 0 aliphatic heterocycles. The monoisotopic (exact) mass is 338 g/mol. The predicted octanol–water partition coefficient (Wildman–Crippen LogP) is 1.89. The fourth-order valence-electron chi connectivity index (χ4n) is 1.40. The highest BCUT2D eigenvalue weighted by atomic mass is 35.5. The number of nitrogens with one attached hydrogen (secondary N) is 1. The molecule has 0 bridgehead atoms. The molecule has 0 unspecified atom stereocenters. The first-order valence-electron chi connectivity index (χ1n) is 5.90. The first kappa shape index (κ1) is 17.2. The molecule has 1 amide bonds. The molecule has 5 nitrogen and oxygen atoms in total. The van der Waals surface area contributed by atoms with Crippen LogP contribution in [-0.2, 0) is 21.4 Å². The first-order valence-corrected chi connectivity index (χ1v) is 8.31. The Balaban J connectivity index is 2.62. The third-order valence-corrected chi connectivity index (χ3v) is 4.60. The van der Waals surface area contributed by atoms with Crippen molar-refractivity contribution in [3.8, 4) is 0 Å². The van der Waals surface area contributed by atoms with E-state index in [4.69, 9.17) is 23.2 Å². The Morgan fingerprint density at radius 2 is 2.00 bits per heavy atom. The Morgan fingerprint density at radius 1 is 1.35 bits per heavy atom. The summed E-state index contributed by atoms with van der Waals surface area (Å²) >= 11 is 11.8. The van der Waals surface area contributed by atoms with Gasteiger partial charge >= 0.3 is 0 Å². The lowest BCUT2D eigenvalue weighted by atomic mass is 10.2. The number of hydrogen-bond donors (Lipinski definition) is 1. The van der Waals surface area contributed by atoms with Crippen molar-refractivity contribution >= 4 is 39.1 Å². The van der Waals surface area contributed by atoms with Gasteiger partial charge in [-0.3, -0.25) is 4.79 Å². The van der Waals surface area contributed by atoms with Crippen LogP contribution in [0.15, 0.2) is 18.2 Å². The molecule has 0 spiro atoms. The van der Waals surface area contributed by atoms with Gasteiger partial charge in [-0.25, -0.2) is 13.1 Å². The minimum absolute atomic E-state index is 0.0625. The van der Waals surface area contributed by atoms with E-state index < -0.39 is 10.0 Å². The molecule has 0 saturated carbocycles. The Labute approximate surface area is 128 Å². The first-order chi connectivity index (χ1) is 9.25. The third-order valence-electron chi connectivity index (χ3n) is 2.67. The SMILES string of the molecule is CCS(=O)(=O)NCC(=O)N(C)Cc1ccc(Cl)cc1Cl. The topological polar surface area (TPSA) is 66.5 Å². The summed E-state index contributed by atoms with van der Waals surface area (Å²) < 4.78 is 24.7. The van der Waals surface area contributed by atoms with Gasteiger partial charge in [0, 0.05) is 23.6 Å². The summed E-state index contributed by atoms with van der Waals surface area (Å²) in [5, 5.41) is 0.981. The Hall–Kier alpha value is -0.820. The number of hydrogen-bond acceptors (Lipinski definition) is 3. The number of amides is 1. The molecule has 1 aromatic rings. The van der Waals surface area contributed by atoms with E-state index in [1.54, 1.807) is 25.2 Å². The molecule has 0 aliphatic rings. The quantitative estimate of drug-likeness (QED) is 0.861. The second-order valence-electron chi connectivity index (χ2n) is 4.21. The molecule has 0 fully saturated rings. The lowest BCUT2D eigenvalue weighted by molar-refractivity contribution is -0.129. The van der Waals surface area contributed by atoms with E-state index in [-0.39, 0.29) is 24.7 Å². The average molecular weight is 339 g/mol. The number of halogens is 2. The second-order valence-corrected chi connectivity index (χ2v) is 7.15. The van der Waals surface area contributed by atoms with Crippen LogP contribution in [0.3, 0.4) is 0 Å². The van der Waals surface area contributed by atoms with Crippen molar-refractivity contribution in [2.24, 2.45) is 0 Å². The van der Waals surface area contributed by atoms with Crippen molar-refractivity contribution in [3.63, 3.8) is 0 Å². The Morgan fingerprint density at radius 3 is 2.55 bits per heavy atom. The number of carbonyl (C=O) groups excluding carboxylic acids is 1. The maximum Gasteiger partial charge on any atom is 0.237 e. The molecule has 8 heteroatoms. The Bertz CT molecular complexity index is 590. The largest absolute Gasteiger partial charge is 0.340 e. The van der Waals surface area contributed by atoms with Crippen LogP contribution >= 0.6 is 23.2 Å². The molecule has 1 rings (SSSR count). The summed E-state index contributed by atoms with van der Waals surface area (Å²) in [6, 6.07) is 5.00. The van der Waals surface area contributed by atoms with Crippen molar-refractivity contribution in [1.29, 1.82) is 0 Å². The van der Waals surface area contributed by atoms with Gasteiger partial charge in [0.2, 0.25) is 15.9 Å². The maximum atomic E-state index is 11.8. The summed E-state index contributed by atoms with van der Waals surface area (Å²) in [6.45, 7) is 1.52. The molecule has 0 heterocycles. The molecule has 20 heavy (non-hydrogen) atoms. The average Bonchev–Trinajstić information content (AvgIpc) is 2.39. The van der Waals surface area contributed by atoms with Crippen molar-refractivity contribution in [2.45, 2.75) is 13.5 Å². The summed E-state index contributed by atoms with van der Waals surface area (Å²) in [7, 11) is -1.80. The number of carbonyl (C=O) groups is 1. The van der Waals surface area contributed by atoms with Gasteiger partial charge in [-0.1, -0.05) is 29.3 Å². The van der Waals surface area contributed by atoms with Crippen LogP contribution in [0.2, 0.25) is 10.0 Å². The third kappa shape index (κ3) is 5.28. The van der Waals surface area contributed by atoms with Crippen LogP contribution in [0.1, 0.15) is 12.5 Å². The number of rotatable bonds is 6. The van der Waals surface area contributed by atoms with Gasteiger partial charge in [-0.15, -0.1) is 0 Å². The molecular weight excluding hydrogens is 323 g/mol. The van der Waals surface area contributed by atoms with Gasteiger partial charge in [0.05, 0.1) is 12.3 Å². The Kier molecular flexibility index (Phi) is 6.26. The highest BCUT2D eigenvalue weighted by Crippen LogP contribution is 2.21. The molecule has 112 valence electrons. The molecule has 0 aliphatic carbocycles. The van der Waals surface area contributed by atoms with Gasteiger partial charge < -0.3 is 4.90 Å². The van der Waals surface area contributed by atoms with E-state index in [2.05, 4.69) is 4.72 Å². The van der Waals surface area contributed by atoms with Crippen LogP contribution in [0.4, 0.5) is 0 Å². The van der Waals surface area contributed by atoms with E-state index in [0.717, 1.165) is 5.56 Å². The summed E-state index contributed by atoms with van der Waals surface area (Å²) in [5.74, 6) is -0.402. The van der Waals surface area contributed by atoms with Crippen LogP contribution in [0, 0.1) is 0 Å². The van der Waals surface area contributed by atoms with Gasteiger partial charge in [0.25, 0.3) is 0 Å². The minimum atomic E-state index is -3.38. The van der Waals surface area contributed by atoms with Gasteiger partial charge in [-0.05, 0) is 24.6 Å². The van der Waals surface area contributed by atoms with E-state index in [0.29, 0.717) is 10.0 Å². The maximum absolute atomic E-state index is 11.8. The number of benzene rings is 1. The van der Waals surface area contributed by atoms with E-state index in [1.165, 1.54) is 11.8 Å². The van der Waals surface area contributed by atoms with Crippen LogP contribution in [-0.4, -0.2) is 38.6 Å². The molecular formula is C12H16Cl2N2O3S. The smallest absolute Gasteiger partial charge is 0.237 e. The van der Waals surface area contributed by atoms with Crippen molar-refractivity contribution in [2.75, 3.05) is 19.3 Å². The molecule has 1 aromatic carbocycles. The molecule has 0 atom stereocenters. The zero-order valence-corrected chi connectivity index (χ0v) is 13.5. The fourth-order valence-corrected chi connectivity index (χ4v) is 2.42. The molecule has 0 aromatic heterocycles. The predicted molar refractivity (Wildman–Crippen MR) is 80.4 cm³/mol. The fraction of sp³-hybridized carbons (Fsp3) is 0.417. The second kappa shape index (κ2) is 7.26. The van der Waals surface area contributed by atoms with Gasteiger partial charge in [0.1, 0.15) is 0 Å². The van der Waals surface area contributed by atoms with Gasteiger partial charge in [-0.2, -0.15) is 0 Å². The number of nitrogens with zero attached hydrogens (tertiary/aromatic N) is 1. The van der Waals surface area contributed by atoms with E-state index in [1.807, 2.05) is 0 Å². The molecule has 0 saturated heterocycles. The highest BCUT2D eigenvalue weighted by Gasteiger charge is 2.14. The summed E-state index contributed by atoms with van der Waals surface area (Å²) in [4.78, 5) is 13.2. The zero-order chi connectivity index (χ0) is 15.3. The van der Waals surface area contributed by atoms with Crippen molar-refractivity contribution in [3.05, 3.63) is 33.8 Å². The highest BCUT2D eigenvalue weighted by molar-refractivity contribution is 7.89. The van der Waals surface area contributed by atoms with Crippen molar-refractivity contribution < 1.29 is 13.2 Å². The van der Waals surface area contributed by atoms with E-state index >= 15 is 0 Å². The van der Waals surface area contributed by atoms with Gasteiger partial charge in [0.15, 0.2) is 0 Å². The van der Waals surface area contributed by atoms with Crippen LogP contribution in [0.25, 0.3) is 0 Å². The standard InChI is InChI=1S/C12H16Cl2N2O3S/c1-3-20(18,19)15-7-12(17)16(2)8-9-4-5-10(13)6-11(9)14/h4-6,15H,3,7-8H2,1-2H3. The minimum Gasteiger partial charge on any atom is -0.340 e. The molecule has 1 N–H and O–H groups in total. The normalized spacial score (nSPS) is 11.4. The van der Waals surface area contributed by atoms with E-state index in [9.17, 15) is 13.2 Å². The number of likely N-dealkylation sites (N-methyl/N-ethyl adjacent to an activating group) is 1. The lowest BCUT2D eigenvalue weighted by Gasteiger charge is -2.18. The zero-order valence-electron chi connectivity index (χ0n) is 11.2. The summed E-state index contributed by atoms with van der Waals surface area (Å²) in [6.07, 6.45) is 0. The van der Waals surface area contributed by atoms with Crippen LogP contribution < -0.4 is 4.72 Å². The lowest BCUT2D eigenvalue weighted by Crippen LogP contribution is -2.38. The summed E-state index contributed by atoms with van der Waals surface area (Å²) in [5.41, 5.74) is 0.741. The van der Waals surface area contributed by atoms with Crippen LogP contribution in [0.5, 0.6) is 0 Å². The molecule has 0 radical (unpaired) electrons. The number of sulfonamides is 1.